The lowest BCUT2D eigenvalue weighted by Gasteiger charge is -2.09. The van der Waals surface area contributed by atoms with Crippen LogP contribution in [0.5, 0.6) is 5.75 Å². The van der Waals surface area contributed by atoms with Gasteiger partial charge in [-0.3, -0.25) is 10.1 Å². The van der Waals surface area contributed by atoms with E-state index >= 15 is 0 Å². The molecule has 5 nitrogen and oxygen atoms in total. The Hall–Kier alpha value is -1.63. The summed E-state index contributed by atoms with van der Waals surface area (Å²) in [6, 6.07) is 3.61. The SMILES string of the molecule is CC(C)CNC(=O)NC(=O)COc1ccc(Br)cc1F. The van der Waals surface area contributed by atoms with E-state index in [-0.39, 0.29) is 11.7 Å². The Kier molecular flexibility index (Phi) is 6.44. The van der Waals surface area contributed by atoms with Crippen molar-refractivity contribution >= 4 is 27.9 Å². The molecule has 3 amide bonds. The maximum Gasteiger partial charge on any atom is 0.321 e. The number of urea groups is 1. The molecule has 0 aliphatic rings. The molecular weight excluding hydrogens is 331 g/mol. The van der Waals surface area contributed by atoms with E-state index in [2.05, 4.69) is 26.6 Å². The number of rotatable bonds is 5. The number of carbonyl (C=O) groups is 2. The summed E-state index contributed by atoms with van der Waals surface area (Å²) in [5.74, 6) is -1.00. The fourth-order valence-corrected chi connectivity index (χ4v) is 1.57. The fourth-order valence-electron chi connectivity index (χ4n) is 1.24. The molecule has 0 aliphatic heterocycles. The Morgan fingerprint density at radius 1 is 1.40 bits per heavy atom. The number of benzene rings is 1. The summed E-state index contributed by atoms with van der Waals surface area (Å²) in [5.41, 5.74) is 0. The first kappa shape index (κ1) is 16.4. The van der Waals surface area contributed by atoms with Crippen LogP contribution in [0.2, 0.25) is 0 Å². The van der Waals surface area contributed by atoms with Crippen LogP contribution in [0, 0.1) is 11.7 Å². The maximum absolute atomic E-state index is 13.4. The third kappa shape index (κ3) is 6.01. The minimum Gasteiger partial charge on any atom is -0.481 e. The van der Waals surface area contributed by atoms with Gasteiger partial charge in [-0.1, -0.05) is 29.8 Å². The number of ether oxygens (including phenoxy) is 1. The zero-order chi connectivity index (χ0) is 15.1. The van der Waals surface area contributed by atoms with Crippen LogP contribution >= 0.6 is 15.9 Å². The van der Waals surface area contributed by atoms with Gasteiger partial charge in [0, 0.05) is 11.0 Å². The predicted molar refractivity (Wildman–Crippen MR) is 76.0 cm³/mol. The van der Waals surface area contributed by atoms with Crippen LogP contribution in [0.15, 0.2) is 22.7 Å². The molecule has 0 heterocycles. The first-order chi connectivity index (χ1) is 9.38. The lowest BCUT2D eigenvalue weighted by molar-refractivity contribution is -0.122. The van der Waals surface area contributed by atoms with Crippen LogP contribution < -0.4 is 15.4 Å². The molecule has 7 heteroatoms. The van der Waals surface area contributed by atoms with Crippen molar-refractivity contribution in [2.45, 2.75) is 13.8 Å². The first-order valence-electron chi connectivity index (χ1n) is 6.04. The van der Waals surface area contributed by atoms with Crippen LogP contribution in [0.3, 0.4) is 0 Å². The Labute approximate surface area is 125 Å². The normalized spacial score (nSPS) is 10.2. The molecule has 0 aliphatic carbocycles. The van der Waals surface area contributed by atoms with E-state index in [1.54, 1.807) is 6.07 Å². The van der Waals surface area contributed by atoms with Gasteiger partial charge in [-0.25, -0.2) is 9.18 Å². The quantitative estimate of drug-likeness (QED) is 0.860. The molecule has 0 aromatic heterocycles. The lowest BCUT2D eigenvalue weighted by Crippen LogP contribution is -2.42. The fraction of sp³-hybridized carbons (Fsp3) is 0.385. The predicted octanol–water partition coefficient (Wildman–Crippen LogP) is 2.45. The Balaban J connectivity index is 2.38. The van der Waals surface area contributed by atoms with E-state index in [4.69, 9.17) is 4.74 Å². The number of imide groups is 1. The van der Waals surface area contributed by atoms with Gasteiger partial charge in [0.2, 0.25) is 0 Å². The monoisotopic (exact) mass is 346 g/mol. The zero-order valence-electron chi connectivity index (χ0n) is 11.2. The van der Waals surface area contributed by atoms with Crippen molar-refractivity contribution in [3.8, 4) is 5.75 Å². The Bertz CT molecular complexity index is 495. The van der Waals surface area contributed by atoms with Gasteiger partial charge in [0.25, 0.3) is 5.91 Å². The minimum absolute atomic E-state index is 0.0501. The first-order valence-corrected chi connectivity index (χ1v) is 6.83. The van der Waals surface area contributed by atoms with Crippen LogP contribution in [0.4, 0.5) is 9.18 Å². The zero-order valence-corrected chi connectivity index (χ0v) is 12.8. The largest absolute Gasteiger partial charge is 0.481 e. The molecule has 0 fully saturated rings. The smallest absolute Gasteiger partial charge is 0.321 e. The van der Waals surface area contributed by atoms with E-state index in [9.17, 15) is 14.0 Å². The molecular formula is C13H16BrFN2O3. The van der Waals surface area contributed by atoms with Gasteiger partial charge in [0.05, 0.1) is 0 Å². The molecule has 0 bridgehead atoms. The molecule has 0 saturated heterocycles. The Morgan fingerprint density at radius 3 is 2.70 bits per heavy atom. The van der Waals surface area contributed by atoms with Gasteiger partial charge >= 0.3 is 6.03 Å². The molecule has 1 aromatic carbocycles. The highest BCUT2D eigenvalue weighted by molar-refractivity contribution is 9.10. The minimum atomic E-state index is -0.645. The number of nitrogens with one attached hydrogen (secondary N) is 2. The molecule has 2 N–H and O–H groups in total. The number of halogens is 2. The molecule has 0 radical (unpaired) electrons. The average molecular weight is 347 g/mol. The van der Waals surface area contributed by atoms with Gasteiger partial charge in [-0.15, -0.1) is 0 Å². The summed E-state index contributed by atoms with van der Waals surface area (Å²) in [5, 5.41) is 4.61. The highest BCUT2D eigenvalue weighted by Gasteiger charge is 2.10. The number of carbonyl (C=O) groups excluding carboxylic acids is 2. The lowest BCUT2D eigenvalue weighted by atomic mass is 10.2. The third-order valence-corrected chi connectivity index (χ3v) is 2.67. The van der Waals surface area contributed by atoms with Crippen LogP contribution in [0.25, 0.3) is 0 Å². The van der Waals surface area contributed by atoms with Crippen molar-refractivity contribution in [2.75, 3.05) is 13.2 Å². The van der Waals surface area contributed by atoms with Crippen molar-refractivity contribution in [3.05, 3.63) is 28.5 Å². The van der Waals surface area contributed by atoms with E-state index in [0.29, 0.717) is 11.0 Å². The summed E-state index contributed by atoms with van der Waals surface area (Å²) >= 11 is 3.11. The van der Waals surface area contributed by atoms with Crippen molar-refractivity contribution < 1.29 is 18.7 Å². The summed E-state index contributed by atoms with van der Waals surface area (Å²) in [6.45, 7) is 3.89. The van der Waals surface area contributed by atoms with Gasteiger partial charge < -0.3 is 10.1 Å². The Morgan fingerprint density at radius 2 is 2.10 bits per heavy atom. The van der Waals surface area contributed by atoms with Crippen molar-refractivity contribution in [3.63, 3.8) is 0 Å². The van der Waals surface area contributed by atoms with E-state index in [0.717, 1.165) is 0 Å². The third-order valence-electron chi connectivity index (χ3n) is 2.18. The summed E-state index contributed by atoms with van der Waals surface area (Å²) in [6.07, 6.45) is 0. The summed E-state index contributed by atoms with van der Waals surface area (Å²) in [7, 11) is 0. The highest BCUT2D eigenvalue weighted by atomic mass is 79.9. The topological polar surface area (TPSA) is 67.4 Å². The average Bonchev–Trinajstić information content (AvgIpc) is 2.35. The molecule has 0 atom stereocenters. The second-order valence-corrected chi connectivity index (χ2v) is 5.43. The van der Waals surface area contributed by atoms with Crippen LogP contribution in [-0.4, -0.2) is 25.1 Å². The standard InChI is InChI=1S/C13H16BrFN2O3/c1-8(2)6-16-13(19)17-12(18)7-20-11-4-3-9(14)5-10(11)15/h3-5,8H,6-7H2,1-2H3,(H2,16,17,18,19). The molecule has 0 unspecified atom stereocenters. The van der Waals surface area contributed by atoms with Crippen molar-refractivity contribution in [1.82, 2.24) is 10.6 Å². The molecule has 20 heavy (non-hydrogen) atoms. The summed E-state index contributed by atoms with van der Waals surface area (Å²) < 4.78 is 19.0. The molecule has 1 rings (SSSR count). The second kappa shape index (κ2) is 7.84. The highest BCUT2D eigenvalue weighted by Crippen LogP contribution is 2.21. The maximum atomic E-state index is 13.4. The second-order valence-electron chi connectivity index (χ2n) is 4.52. The molecule has 0 spiro atoms. The number of hydrogen-bond donors (Lipinski definition) is 2. The van der Waals surface area contributed by atoms with E-state index in [1.807, 2.05) is 13.8 Å². The van der Waals surface area contributed by atoms with Gasteiger partial charge in [0.15, 0.2) is 18.2 Å². The summed E-state index contributed by atoms with van der Waals surface area (Å²) in [4.78, 5) is 22.7. The van der Waals surface area contributed by atoms with Crippen molar-refractivity contribution in [1.29, 1.82) is 0 Å². The van der Waals surface area contributed by atoms with Gasteiger partial charge in [-0.05, 0) is 24.1 Å². The van der Waals surface area contributed by atoms with E-state index < -0.39 is 24.4 Å². The van der Waals surface area contributed by atoms with Gasteiger partial charge in [-0.2, -0.15) is 0 Å². The molecule has 110 valence electrons. The van der Waals surface area contributed by atoms with Crippen LogP contribution in [-0.2, 0) is 4.79 Å². The van der Waals surface area contributed by atoms with Crippen LogP contribution in [0.1, 0.15) is 13.8 Å². The molecule has 0 saturated carbocycles. The van der Waals surface area contributed by atoms with E-state index in [1.165, 1.54) is 12.1 Å². The van der Waals surface area contributed by atoms with Gasteiger partial charge in [0.1, 0.15) is 0 Å². The molecule has 1 aromatic rings. The number of amides is 3. The number of hydrogen-bond acceptors (Lipinski definition) is 3. The van der Waals surface area contributed by atoms with Crippen molar-refractivity contribution in [2.24, 2.45) is 5.92 Å².